The van der Waals surface area contributed by atoms with Crippen LogP contribution in [-0.2, 0) is 0 Å². The van der Waals surface area contributed by atoms with Crippen molar-refractivity contribution in [1.29, 1.82) is 0 Å². The van der Waals surface area contributed by atoms with Gasteiger partial charge in [-0.15, -0.1) is 19.0 Å². The molecule has 0 spiro atoms. The molecule has 0 aliphatic heterocycles. The summed E-state index contributed by atoms with van der Waals surface area (Å²) in [6, 6.07) is 0. The molecule has 0 aromatic heterocycles. The Bertz CT molecular complexity index is 73.5. The van der Waals surface area contributed by atoms with Gasteiger partial charge in [-0.1, -0.05) is 6.08 Å². The fourth-order valence-electron chi connectivity index (χ4n) is 0.378. The summed E-state index contributed by atoms with van der Waals surface area (Å²) in [6.45, 7) is 10.9. The number of nitrogens with one attached hydrogen (secondary N) is 1. The third-order valence-corrected chi connectivity index (χ3v) is 0.777. The van der Waals surface area contributed by atoms with Crippen molar-refractivity contribution in [3.8, 4) is 0 Å². The summed E-state index contributed by atoms with van der Waals surface area (Å²) in [5, 5.41) is 3.25. The summed E-state index contributed by atoms with van der Waals surface area (Å²) >= 11 is 0. The number of hydrogen-bond donors (Lipinski definition) is 1. The predicted molar refractivity (Wildman–Crippen MR) is 45.2 cm³/mol. The van der Waals surface area contributed by atoms with Crippen LogP contribution in [0.3, 0.4) is 0 Å². The lowest BCUT2D eigenvalue weighted by molar-refractivity contribution is 0.449. The fourth-order valence-corrected chi connectivity index (χ4v) is 0.378. The maximum atomic E-state index is 3.60. The van der Waals surface area contributed by atoms with Crippen LogP contribution in [0.5, 0.6) is 0 Å². The second-order valence-corrected chi connectivity index (χ2v) is 2.92. The van der Waals surface area contributed by atoms with E-state index in [1.807, 2.05) is 6.08 Å². The molecule has 0 radical (unpaired) electrons. The van der Waals surface area contributed by atoms with E-state index in [0.717, 1.165) is 6.54 Å². The number of hydrogen-bond acceptors (Lipinski definition) is 1. The Morgan fingerprint density at radius 2 is 1.89 bits per heavy atom. The molecule has 0 aliphatic carbocycles. The minimum Gasteiger partial charge on any atom is -0.309 e. The standard InChI is InChI=1S/C7H15N.ClH/c1-5-6-8-7(2,3)4;/h5,8H,1,6H2,2-4H3;1H. The van der Waals surface area contributed by atoms with Crippen LogP contribution in [0.2, 0.25) is 0 Å². The zero-order chi connectivity index (χ0) is 6.62. The average molecular weight is 150 g/mol. The molecule has 9 heavy (non-hydrogen) atoms. The van der Waals surface area contributed by atoms with E-state index in [1.165, 1.54) is 0 Å². The van der Waals surface area contributed by atoms with Gasteiger partial charge in [-0.05, 0) is 20.8 Å². The van der Waals surface area contributed by atoms with Gasteiger partial charge < -0.3 is 5.32 Å². The topological polar surface area (TPSA) is 12.0 Å². The van der Waals surface area contributed by atoms with Crippen molar-refractivity contribution in [2.24, 2.45) is 0 Å². The van der Waals surface area contributed by atoms with Crippen molar-refractivity contribution < 1.29 is 0 Å². The van der Waals surface area contributed by atoms with Gasteiger partial charge in [0.05, 0.1) is 0 Å². The first kappa shape index (κ1) is 11.7. The van der Waals surface area contributed by atoms with Gasteiger partial charge in [0.25, 0.3) is 0 Å². The van der Waals surface area contributed by atoms with Gasteiger partial charge >= 0.3 is 0 Å². The third kappa shape index (κ3) is 11.5. The minimum absolute atomic E-state index is 0. The molecule has 0 atom stereocenters. The third-order valence-electron chi connectivity index (χ3n) is 0.777. The van der Waals surface area contributed by atoms with Crippen molar-refractivity contribution in [1.82, 2.24) is 5.32 Å². The van der Waals surface area contributed by atoms with E-state index >= 15 is 0 Å². The maximum Gasteiger partial charge on any atom is 0.0137 e. The summed E-state index contributed by atoms with van der Waals surface area (Å²) < 4.78 is 0. The molecular formula is C7H16ClN. The van der Waals surface area contributed by atoms with Crippen LogP contribution in [0, 0.1) is 0 Å². The Morgan fingerprint density at radius 3 is 2.00 bits per heavy atom. The molecular weight excluding hydrogens is 134 g/mol. The highest BCUT2D eigenvalue weighted by Gasteiger charge is 2.04. The van der Waals surface area contributed by atoms with Crippen molar-refractivity contribution in [3.05, 3.63) is 12.7 Å². The monoisotopic (exact) mass is 149 g/mol. The predicted octanol–water partition coefficient (Wildman–Crippen LogP) is 1.98. The maximum absolute atomic E-state index is 3.60. The Kier molecular flexibility index (Phi) is 6.30. The van der Waals surface area contributed by atoms with Crippen LogP contribution < -0.4 is 5.32 Å². The number of rotatable bonds is 2. The lowest BCUT2D eigenvalue weighted by Gasteiger charge is -2.18. The molecule has 0 bridgehead atoms. The van der Waals surface area contributed by atoms with Crippen LogP contribution in [0.4, 0.5) is 0 Å². The summed E-state index contributed by atoms with van der Waals surface area (Å²) in [5.41, 5.74) is 0.230. The first-order valence-corrected chi connectivity index (χ1v) is 2.92. The van der Waals surface area contributed by atoms with E-state index in [9.17, 15) is 0 Å². The van der Waals surface area contributed by atoms with Gasteiger partial charge in [-0.3, -0.25) is 0 Å². The molecule has 0 aromatic rings. The Hall–Kier alpha value is -0.0100. The summed E-state index contributed by atoms with van der Waals surface area (Å²) in [5.74, 6) is 0. The van der Waals surface area contributed by atoms with Gasteiger partial charge in [0.15, 0.2) is 0 Å². The molecule has 0 aromatic carbocycles. The molecule has 0 unspecified atom stereocenters. The highest BCUT2D eigenvalue weighted by Crippen LogP contribution is 1.96. The van der Waals surface area contributed by atoms with Gasteiger partial charge in [0, 0.05) is 12.1 Å². The number of halogens is 1. The zero-order valence-electron chi connectivity index (χ0n) is 6.40. The van der Waals surface area contributed by atoms with E-state index in [0.29, 0.717) is 0 Å². The summed E-state index contributed by atoms with van der Waals surface area (Å²) in [7, 11) is 0. The van der Waals surface area contributed by atoms with Gasteiger partial charge in [-0.2, -0.15) is 0 Å². The zero-order valence-corrected chi connectivity index (χ0v) is 7.22. The molecule has 0 fully saturated rings. The van der Waals surface area contributed by atoms with E-state index in [2.05, 4.69) is 32.7 Å². The highest BCUT2D eigenvalue weighted by atomic mass is 35.5. The van der Waals surface area contributed by atoms with Crippen molar-refractivity contribution in [3.63, 3.8) is 0 Å². The summed E-state index contributed by atoms with van der Waals surface area (Å²) in [4.78, 5) is 0. The fraction of sp³-hybridized carbons (Fsp3) is 0.714. The lowest BCUT2D eigenvalue weighted by Crippen LogP contribution is -2.35. The lowest BCUT2D eigenvalue weighted by atomic mass is 10.1. The van der Waals surface area contributed by atoms with Crippen molar-refractivity contribution in [2.45, 2.75) is 26.3 Å². The van der Waals surface area contributed by atoms with E-state index in [-0.39, 0.29) is 17.9 Å². The van der Waals surface area contributed by atoms with Gasteiger partial charge in [-0.25, -0.2) is 0 Å². The van der Waals surface area contributed by atoms with E-state index in [4.69, 9.17) is 0 Å². The van der Waals surface area contributed by atoms with Crippen LogP contribution >= 0.6 is 12.4 Å². The van der Waals surface area contributed by atoms with E-state index in [1.54, 1.807) is 0 Å². The molecule has 0 aliphatic rings. The Balaban J connectivity index is 0. The Labute approximate surface area is 63.9 Å². The molecule has 0 heterocycles. The molecule has 0 amide bonds. The highest BCUT2D eigenvalue weighted by molar-refractivity contribution is 5.85. The van der Waals surface area contributed by atoms with Crippen LogP contribution in [0.15, 0.2) is 12.7 Å². The van der Waals surface area contributed by atoms with Crippen molar-refractivity contribution >= 4 is 12.4 Å². The summed E-state index contributed by atoms with van der Waals surface area (Å²) in [6.07, 6.45) is 1.87. The SMILES string of the molecule is C=CCNC(C)(C)C.Cl. The molecule has 2 heteroatoms. The second-order valence-electron chi connectivity index (χ2n) is 2.92. The molecule has 1 N–H and O–H groups in total. The van der Waals surface area contributed by atoms with Gasteiger partial charge in [0.1, 0.15) is 0 Å². The first-order valence-electron chi connectivity index (χ1n) is 2.92. The smallest absolute Gasteiger partial charge is 0.0137 e. The largest absolute Gasteiger partial charge is 0.309 e. The Morgan fingerprint density at radius 1 is 1.44 bits per heavy atom. The first-order chi connectivity index (χ1) is 3.56. The molecule has 56 valence electrons. The van der Waals surface area contributed by atoms with Crippen LogP contribution in [0.1, 0.15) is 20.8 Å². The average Bonchev–Trinajstić information content (AvgIpc) is 1.59. The van der Waals surface area contributed by atoms with Crippen molar-refractivity contribution in [2.75, 3.05) is 6.54 Å². The minimum atomic E-state index is 0. The molecule has 1 nitrogen and oxygen atoms in total. The normalized spacial score (nSPS) is 10.1. The van der Waals surface area contributed by atoms with Gasteiger partial charge in [0.2, 0.25) is 0 Å². The van der Waals surface area contributed by atoms with Crippen LogP contribution in [-0.4, -0.2) is 12.1 Å². The van der Waals surface area contributed by atoms with E-state index < -0.39 is 0 Å². The second kappa shape index (κ2) is 4.83. The molecule has 0 saturated carbocycles. The van der Waals surface area contributed by atoms with Crippen LogP contribution in [0.25, 0.3) is 0 Å². The molecule has 0 saturated heterocycles. The quantitative estimate of drug-likeness (QED) is 0.593. The molecule has 0 rings (SSSR count).